The van der Waals surface area contributed by atoms with E-state index in [0.29, 0.717) is 61.0 Å². The largest absolute Gasteiger partial charge is 0.338 e. The van der Waals surface area contributed by atoms with Crippen LogP contribution in [0.25, 0.3) is 0 Å². The predicted molar refractivity (Wildman–Crippen MR) is 165 cm³/mol. The van der Waals surface area contributed by atoms with Crippen molar-refractivity contribution in [2.45, 2.75) is 43.4 Å². The van der Waals surface area contributed by atoms with Crippen LogP contribution < -0.4 is 43.1 Å². The van der Waals surface area contributed by atoms with E-state index in [2.05, 4.69) is 15.3 Å². The van der Waals surface area contributed by atoms with Gasteiger partial charge >= 0.3 is 0 Å². The molecule has 9 N–H and O–H groups in total. The number of para-hydroxylation sites is 1. The van der Waals surface area contributed by atoms with Gasteiger partial charge in [-0.25, -0.2) is 0 Å². The lowest BCUT2D eigenvalue weighted by atomic mass is 10.0. The van der Waals surface area contributed by atoms with Crippen molar-refractivity contribution in [1.82, 2.24) is 15.0 Å². The van der Waals surface area contributed by atoms with Crippen molar-refractivity contribution in [1.29, 1.82) is 0 Å². The first-order valence-electron chi connectivity index (χ1n) is 14.3. The van der Waals surface area contributed by atoms with Gasteiger partial charge in [0.2, 0.25) is 17.8 Å². The van der Waals surface area contributed by atoms with Crippen LogP contribution in [0, 0.1) is 0 Å². The summed E-state index contributed by atoms with van der Waals surface area (Å²) in [5.74, 6) is 0.415. The number of hydrogen-bond donors (Lipinski definition) is 5. The molecule has 1 amide bonds. The average molecular weight is 590 g/mol. The number of piperidine rings is 2. The number of nitrogens with one attached hydrogen (secondary N) is 1. The Bertz CT molecular complexity index is 1340. The zero-order valence-corrected chi connectivity index (χ0v) is 24.2. The lowest BCUT2D eigenvalue weighted by Gasteiger charge is -2.37. The SMILES string of the molecule is CON(C(=O)CC(=O)c1ccc(Nc2nc(N3CC(N)CC(N)C3)nc(N3CC(N)CC(N)C3)n2)cc1)c1ccccc1. The minimum atomic E-state index is -0.472. The van der Waals surface area contributed by atoms with E-state index >= 15 is 0 Å². The van der Waals surface area contributed by atoms with Crippen LogP contribution in [0.2, 0.25) is 0 Å². The Balaban J connectivity index is 1.33. The second-order valence-electron chi connectivity index (χ2n) is 11.1. The van der Waals surface area contributed by atoms with Crippen LogP contribution in [0.5, 0.6) is 0 Å². The molecule has 2 aliphatic heterocycles. The number of hydroxylamine groups is 1. The van der Waals surface area contributed by atoms with E-state index in [1.54, 1.807) is 48.5 Å². The minimum Gasteiger partial charge on any atom is -0.338 e. The number of nitrogens with zero attached hydrogens (tertiary/aromatic N) is 6. The standard InChI is InChI=1S/C29H39N11O3/c1-43-40(24-5-3-2-4-6-24)26(42)13-25(41)18-7-9-23(10-8-18)34-27-35-28(38-14-19(30)11-20(31)15-38)37-29(36-27)39-16-21(32)12-22(33)17-39/h2-10,19-22H,11-17,30-33H2,1H3,(H,34,35,36,37). The molecule has 0 spiro atoms. The average Bonchev–Trinajstić information content (AvgIpc) is 2.97. The summed E-state index contributed by atoms with van der Waals surface area (Å²) in [4.78, 5) is 48.9. The Labute approximate surface area is 250 Å². The third-order valence-electron chi connectivity index (χ3n) is 7.38. The van der Waals surface area contributed by atoms with Gasteiger partial charge in [0.1, 0.15) is 0 Å². The van der Waals surface area contributed by atoms with Crippen molar-refractivity contribution < 1.29 is 14.4 Å². The molecule has 14 heteroatoms. The number of aromatic nitrogens is 3. The maximum atomic E-state index is 12.9. The molecule has 2 aromatic carbocycles. The molecule has 43 heavy (non-hydrogen) atoms. The van der Waals surface area contributed by atoms with Crippen molar-refractivity contribution in [3.8, 4) is 0 Å². The van der Waals surface area contributed by atoms with Crippen LogP contribution >= 0.6 is 0 Å². The summed E-state index contributed by atoms with van der Waals surface area (Å²) in [5.41, 5.74) is 26.5. The number of nitrogens with two attached hydrogens (primary N) is 4. The monoisotopic (exact) mass is 589 g/mol. The van der Waals surface area contributed by atoms with Crippen molar-refractivity contribution in [2.24, 2.45) is 22.9 Å². The number of rotatable bonds is 9. The Hall–Kier alpha value is -4.21. The van der Waals surface area contributed by atoms with E-state index in [1.165, 1.54) is 7.11 Å². The first kappa shape index (κ1) is 30.3. The summed E-state index contributed by atoms with van der Waals surface area (Å²) < 4.78 is 0. The molecule has 3 aromatic rings. The highest BCUT2D eigenvalue weighted by molar-refractivity contribution is 6.11. The van der Waals surface area contributed by atoms with Crippen LogP contribution in [0.3, 0.4) is 0 Å². The lowest BCUT2D eigenvalue weighted by Crippen LogP contribution is -2.54. The number of Topliss-reactive ketones (excluding diaryl/α,β-unsaturated/α-hetero) is 1. The smallest absolute Gasteiger partial charge is 0.258 e. The fourth-order valence-electron chi connectivity index (χ4n) is 5.47. The number of anilines is 5. The fraction of sp³-hybridized carbons (Fsp3) is 0.414. The molecule has 14 nitrogen and oxygen atoms in total. The molecule has 2 aliphatic rings. The van der Waals surface area contributed by atoms with Gasteiger partial charge in [-0.15, -0.1) is 0 Å². The quantitative estimate of drug-likeness (QED) is 0.131. The van der Waals surface area contributed by atoms with Gasteiger partial charge in [-0.1, -0.05) is 18.2 Å². The first-order chi connectivity index (χ1) is 20.7. The number of carbonyl (C=O) groups excluding carboxylic acids is 2. The van der Waals surface area contributed by atoms with Gasteiger partial charge in [-0.3, -0.25) is 14.4 Å². The van der Waals surface area contributed by atoms with E-state index in [4.69, 9.17) is 32.8 Å². The van der Waals surface area contributed by atoms with Gasteiger partial charge in [0.15, 0.2) is 5.78 Å². The van der Waals surface area contributed by atoms with Crippen LogP contribution in [-0.2, 0) is 9.63 Å². The summed E-state index contributed by atoms with van der Waals surface area (Å²) in [5, 5.41) is 4.32. The second kappa shape index (κ2) is 13.4. The minimum absolute atomic E-state index is 0.0992. The van der Waals surface area contributed by atoms with E-state index in [9.17, 15) is 9.59 Å². The van der Waals surface area contributed by atoms with Crippen molar-refractivity contribution >= 4 is 40.9 Å². The Morgan fingerprint density at radius 3 is 1.81 bits per heavy atom. The number of benzene rings is 2. The molecule has 3 heterocycles. The third-order valence-corrected chi connectivity index (χ3v) is 7.38. The van der Waals surface area contributed by atoms with Crippen LogP contribution in [0.4, 0.5) is 29.2 Å². The molecule has 4 unspecified atom stereocenters. The van der Waals surface area contributed by atoms with Crippen LogP contribution in [0.1, 0.15) is 29.6 Å². The topological polar surface area (TPSA) is 208 Å². The highest BCUT2D eigenvalue weighted by atomic mass is 16.7. The van der Waals surface area contributed by atoms with E-state index in [1.807, 2.05) is 15.9 Å². The highest BCUT2D eigenvalue weighted by Gasteiger charge is 2.29. The summed E-state index contributed by atoms with van der Waals surface area (Å²) in [7, 11) is 1.38. The van der Waals surface area contributed by atoms with Gasteiger partial charge in [0, 0.05) is 61.6 Å². The fourth-order valence-corrected chi connectivity index (χ4v) is 5.47. The van der Waals surface area contributed by atoms with Gasteiger partial charge in [-0.05, 0) is 49.2 Å². The van der Waals surface area contributed by atoms with Crippen LogP contribution in [-0.4, -0.2) is 84.1 Å². The molecule has 2 saturated heterocycles. The van der Waals surface area contributed by atoms with Crippen molar-refractivity contribution in [3.63, 3.8) is 0 Å². The molecule has 5 rings (SSSR count). The van der Waals surface area contributed by atoms with Crippen LogP contribution in [0.15, 0.2) is 54.6 Å². The molecule has 0 aliphatic carbocycles. The number of carbonyl (C=O) groups is 2. The summed E-state index contributed by atoms with van der Waals surface area (Å²) in [6.07, 6.45) is 1.10. The van der Waals surface area contributed by atoms with E-state index in [-0.39, 0.29) is 36.4 Å². The molecule has 228 valence electrons. The van der Waals surface area contributed by atoms with E-state index < -0.39 is 5.91 Å². The maximum absolute atomic E-state index is 12.9. The third kappa shape index (κ3) is 7.60. The molecule has 1 aromatic heterocycles. The molecular weight excluding hydrogens is 550 g/mol. The molecule has 0 saturated carbocycles. The van der Waals surface area contributed by atoms with Gasteiger partial charge in [0.05, 0.1) is 19.2 Å². The van der Waals surface area contributed by atoms with E-state index in [0.717, 1.165) is 17.9 Å². The summed E-state index contributed by atoms with van der Waals surface area (Å²) >= 11 is 0. The normalized spacial score (nSPS) is 22.3. The Kier molecular flexibility index (Phi) is 9.43. The zero-order valence-electron chi connectivity index (χ0n) is 24.2. The lowest BCUT2D eigenvalue weighted by molar-refractivity contribution is -0.123. The molecule has 2 fully saturated rings. The highest BCUT2D eigenvalue weighted by Crippen LogP contribution is 2.24. The van der Waals surface area contributed by atoms with Gasteiger partial charge in [0.25, 0.3) is 5.91 Å². The maximum Gasteiger partial charge on any atom is 0.258 e. The number of amides is 1. The summed E-state index contributed by atoms with van der Waals surface area (Å²) in [6.45, 7) is 2.26. The van der Waals surface area contributed by atoms with Gasteiger partial charge < -0.3 is 38.1 Å². The summed E-state index contributed by atoms with van der Waals surface area (Å²) in [6, 6.07) is 15.2. The number of ketones is 1. The zero-order chi connectivity index (χ0) is 30.5. The second-order valence-corrected chi connectivity index (χ2v) is 11.1. The van der Waals surface area contributed by atoms with Crippen molar-refractivity contribution in [3.05, 3.63) is 60.2 Å². The molecule has 4 atom stereocenters. The van der Waals surface area contributed by atoms with Crippen molar-refractivity contribution in [2.75, 3.05) is 53.5 Å². The predicted octanol–water partition coefficient (Wildman–Crippen LogP) is 0.512. The number of hydrogen-bond acceptors (Lipinski definition) is 13. The van der Waals surface area contributed by atoms with Gasteiger partial charge in [-0.2, -0.15) is 20.0 Å². The molecule has 0 radical (unpaired) electrons. The first-order valence-corrected chi connectivity index (χ1v) is 14.3. The Morgan fingerprint density at radius 1 is 0.814 bits per heavy atom. The molecular formula is C29H39N11O3. The molecule has 0 bridgehead atoms. The Morgan fingerprint density at radius 2 is 1.33 bits per heavy atom.